The molecular formula is C19H17BrClFN2O2. The van der Waals surface area contributed by atoms with Gasteiger partial charge >= 0.3 is 5.97 Å². The van der Waals surface area contributed by atoms with E-state index < -0.39 is 0 Å². The molecule has 136 valence electrons. The lowest BCUT2D eigenvalue weighted by molar-refractivity contribution is -0.141. The third-order valence-corrected chi connectivity index (χ3v) is 4.85. The summed E-state index contributed by atoms with van der Waals surface area (Å²) >= 11 is 9.62. The Kier molecular flexibility index (Phi) is 5.94. The molecule has 1 aliphatic heterocycles. The van der Waals surface area contributed by atoms with Crippen molar-refractivity contribution in [3.63, 3.8) is 0 Å². The fourth-order valence-electron chi connectivity index (χ4n) is 2.92. The lowest BCUT2D eigenvalue weighted by atomic mass is 9.97. The fraction of sp³-hybridized carbons (Fsp3) is 0.263. The SMILES string of the molecule is CCOC(=O)CN1c2ccc(Cl)cc2C(c2ccccc2F)=NC1CBr. The van der Waals surface area contributed by atoms with E-state index in [0.717, 1.165) is 5.69 Å². The molecule has 4 nitrogen and oxygen atoms in total. The highest BCUT2D eigenvalue weighted by atomic mass is 79.9. The molecule has 0 radical (unpaired) electrons. The number of rotatable bonds is 5. The first kappa shape index (κ1) is 18.9. The van der Waals surface area contributed by atoms with Crippen LogP contribution >= 0.6 is 27.5 Å². The molecule has 0 aliphatic carbocycles. The van der Waals surface area contributed by atoms with E-state index in [-0.39, 0.29) is 24.5 Å². The Bertz CT molecular complexity index is 859. The summed E-state index contributed by atoms with van der Waals surface area (Å²) in [6, 6.07) is 11.8. The van der Waals surface area contributed by atoms with Crippen LogP contribution in [0, 0.1) is 5.82 Å². The highest BCUT2D eigenvalue weighted by Gasteiger charge is 2.30. The molecule has 7 heteroatoms. The third kappa shape index (κ3) is 3.76. The number of carbonyl (C=O) groups is 1. The number of anilines is 1. The Morgan fingerprint density at radius 3 is 2.77 bits per heavy atom. The molecule has 1 atom stereocenters. The minimum Gasteiger partial charge on any atom is -0.465 e. The Morgan fingerprint density at radius 2 is 2.08 bits per heavy atom. The molecule has 0 amide bonds. The van der Waals surface area contributed by atoms with Crippen LogP contribution in [-0.2, 0) is 9.53 Å². The van der Waals surface area contributed by atoms with Crippen molar-refractivity contribution in [3.8, 4) is 0 Å². The van der Waals surface area contributed by atoms with Crippen molar-refractivity contribution in [1.82, 2.24) is 0 Å². The van der Waals surface area contributed by atoms with E-state index in [9.17, 15) is 9.18 Å². The first-order chi connectivity index (χ1) is 12.5. The number of fused-ring (bicyclic) bond motifs is 1. The minimum atomic E-state index is -0.373. The molecule has 0 N–H and O–H groups in total. The standard InChI is InChI=1S/C19H17BrClFN2O2/c1-2-26-18(25)11-24-16-8-7-12(21)9-14(16)19(23-17(24)10-20)13-5-3-4-6-15(13)22/h3-9,17H,2,10-11H2,1H3. The zero-order chi connectivity index (χ0) is 18.7. The Balaban J connectivity index is 2.11. The van der Waals surface area contributed by atoms with Crippen LogP contribution in [0.4, 0.5) is 10.1 Å². The van der Waals surface area contributed by atoms with Gasteiger partial charge in [-0.1, -0.05) is 39.7 Å². The Hall–Kier alpha value is -1.92. The summed E-state index contributed by atoms with van der Waals surface area (Å²) in [7, 11) is 0. The molecule has 0 saturated carbocycles. The van der Waals surface area contributed by atoms with Gasteiger partial charge in [0.2, 0.25) is 0 Å². The molecule has 0 fully saturated rings. The van der Waals surface area contributed by atoms with Crippen LogP contribution in [0.2, 0.25) is 5.02 Å². The normalized spacial score (nSPS) is 16.1. The highest BCUT2D eigenvalue weighted by molar-refractivity contribution is 9.09. The van der Waals surface area contributed by atoms with Crippen LogP contribution < -0.4 is 4.90 Å². The lowest BCUT2D eigenvalue weighted by Crippen LogP contribution is -2.44. The number of benzene rings is 2. The van der Waals surface area contributed by atoms with Gasteiger partial charge in [-0.05, 0) is 37.3 Å². The number of aliphatic imine (C=N–C) groups is 1. The summed E-state index contributed by atoms with van der Waals surface area (Å²) in [4.78, 5) is 18.6. The van der Waals surface area contributed by atoms with Crippen molar-refractivity contribution >= 4 is 44.9 Å². The maximum Gasteiger partial charge on any atom is 0.325 e. The van der Waals surface area contributed by atoms with Gasteiger partial charge < -0.3 is 9.64 Å². The number of carbonyl (C=O) groups excluding carboxylic acids is 1. The second-order valence-corrected chi connectivity index (χ2v) is 6.77. The van der Waals surface area contributed by atoms with Crippen molar-refractivity contribution in [2.24, 2.45) is 4.99 Å². The van der Waals surface area contributed by atoms with Gasteiger partial charge in [-0.3, -0.25) is 9.79 Å². The number of halogens is 3. The summed E-state index contributed by atoms with van der Waals surface area (Å²) in [6.07, 6.45) is -0.373. The molecule has 1 heterocycles. The van der Waals surface area contributed by atoms with Gasteiger partial charge in [-0.25, -0.2) is 4.39 Å². The number of hydrogen-bond acceptors (Lipinski definition) is 4. The molecule has 1 aliphatic rings. The maximum absolute atomic E-state index is 14.4. The summed E-state index contributed by atoms with van der Waals surface area (Å²) in [6.45, 7) is 2.12. The smallest absolute Gasteiger partial charge is 0.325 e. The van der Waals surface area contributed by atoms with Crippen LogP contribution in [0.3, 0.4) is 0 Å². The van der Waals surface area contributed by atoms with E-state index in [4.69, 9.17) is 21.3 Å². The topological polar surface area (TPSA) is 41.9 Å². The van der Waals surface area contributed by atoms with Crippen molar-refractivity contribution in [2.75, 3.05) is 23.4 Å². The van der Waals surface area contributed by atoms with Gasteiger partial charge in [0, 0.05) is 27.2 Å². The first-order valence-electron chi connectivity index (χ1n) is 8.16. The van der Waals surface area contributed by atoms with Gasteiger partial charge in [0.25, 0.3) is 0 Å². The summed E-state index contributed by atoms with van der Waals surface area (Å²) in [5.74, 6) is -0.701. The lowest BCUT2D eigenvalue weighted by Gasteiger charge is -2.35. The largest absolute Gasteiger partial charge is 0.465 e. The third-order valence-electron chi connectivity index (χ3n) is 4.03. The molecule has 2 aromatic rings. The molecule has 0 spiro atoms. The van der Waals surface area contributed by atoms with Gasteiger partial charge in [-0.15, -0.1) is 0 Å². The average molecular weight is 440 g/mol. The van der Waals surface area contributed by atoms with Gasteiger partial charge in [0.1, 0.15) is 18.5 Å². The zero-order valence-electron chi connectivity index (χ0n) is 14.1. The van der Waals surface area contributed by atoms with Crippen LogP contribution in [-0.4, -0.2) is 36.3 Å². The van der Waals surface area contributed by atoms with Gasteiger partial charge in [-0.2, -0.15) is 0 Å². The van der Waals surface area contributed by atoms with E-state index in [2.05, 4.69) is 15.9 Å². The van der Waals surface area contributed by atoms with Crippen molar-refractivity contribution in [1.29, 1.82) is 0 Å². The Labute approximate surface area is 164 Å². The number of alkyl halides is 1. The molecule has 0 aromatic heterocycles. The Morgan fingerprint density at radius 1 is 1.31 bits per heavy atom. The molecule has 2 aromatic carbocycles. The maximum atomic E-state index is 14.4. The molecule has 0 saturated heterocycles. The summed E-state index contributed by atoms with van der Waals surface area (Å²) < 4.78 is 19.5. The van der Waals surface area contributed by atoms with Crippen molar-refractivity contribution in [2.45, 2.75) is 13.1 Å². The quantitative estimate of drug-likeness (QED) is 0.511. The van der Waals surface area contributed by atoms with Crippen LogP contribution in [0.5, 0.6) is 0 Å². The predicted octanol–water partition coefficient (Wildman–Crippen LogP) is 4.42. The van der Waals surface area contributed by atoms with E-state index >= 15 is 0 Å². The van der Waals surface area contributed by atoms with Crippen LogP contribution in [0.1, 0.15) is 18.1 Å². The van der Waals surface area contributed by atoms with Gasteiger partial charge in [0.15, 0.2) is 0 Å². The zero-order valence-corrected chi connectivity index (χ0v) is 16.4. The monoisotopic (exact) mass is 438 g/mol. The molecule has 1 unspecified atom stereocenters. The van der Waals surface area contributed by atoms with Crippen molar-refractivity contribution < 1.29 is 13.9 Å². The molecule has 3 rings (SSSR count). The van der Waals surface area contributed by atoms with E-state index in [0.29, 0.717) is 33.8 Å². The average Bonchev–Trinajstić information content (AvgIpc) is 2.62. The number of nitrogens with zero attached hydrogens (tertiary/aromatic N) is 2. The highest BCUT2D eigenvalue weighted by Crippen LogP contribution is 2.34. The minimum absolute atomic E-state index is 0.0484. The molecular weight excluding hydrogens is 423 g/mol. The molecule has 26 heavy (non-hydrogen) atoms. The predicted molar refractivity (Wildman–Crippen MR) is 105 cm³/mol. The fourth-order valence-corrected chi connectivity index (χ4v) is 3.59. The second-order valence-electron chi connectivity index (χ2n) is 5.69. The van der Waals surface area contributed by atoms with Crippen LogP contribution in [0.15, 0.2) is 47.5 Å². The van der Waals surface area contributed by atoms with E-state index in [1.54, 1.807) is 37.3 Å². The molecule has 0 bridgehead atoms. The number of esters is 1. The van der Waals surface area contributed by atoms with Crippen molar-refractivity contribution in [3.05, 3.63) is 64.4 Å². The summed E-state index contributed by atoms with van der Waals surface area (Å²) in [5.41, 5.74) is 2.37. The first-order valence-corrected chi connectivity index (χ1v) is 9.66. The number of hydrogen-bond donors (Lipinski definition) is 0. The van der Waals surface area contributed by atoms with E-state index in [1.165, 1.54) is 6.07 Å². The number of ether oxygens (including phenoxy) is 1. The van der Waals surface area contributed by atoms with E-state index in [1.807, 2.05) is 11.0 Å². The summed E-state index contributed by atoms with van der Waals surface area (Å²) in [5, 5.41) is 0.994. The van der Waals surface area contributed by atoms with Crippen LogP contribution in [0.25, 0.3) is 0 Å². The van der Waals surface area contributed by atoms with Gasteiger partial charge in [0.05, 0.1) is 12.3 Å². The second kappa shape index (κ2) is 8.18.